The highest BCUT2D eigenvalue weighted by atomic mass is 32.2. The number of carbonyl (C=O) groups excluding carboxylic acids is 1. The summed E-state index contributed by atoms with van der Waals surface area (Å²) in [6.45, 7) is 1.47. The van der Waals surface area contributed by atoms with Crippen molar-refractivity contribution in [3.05, 3.63) is 0 Å². The molecule has 0 aromatic carbocycles. The molecule has 2 aliphatic heterocycles. The van der Waals surface area contributed by atoms with E-state index in [2.05, 4.69) is 0 Å². The van der Waals surface area contributed by atoms with Gasteiger partial charge in [-0.3, -0.25) is 4.79 Å². The van der Waals surface area contributed by atoms with E-state index in [-0.39, 0.29) is 11.5 Å². The number of hydrogen-bond acceptors (Lipinski definition) is 4. The van der Waals surface area contributed by atoms with Crippen LogP contribution in [0.2, 0.25) is 0 Å². The van der Waals surface area contributed by atoms with Gasteiger partial charge in [0.25, 0.3) is 0 Å². The van der Waals surface area contributed by atoms with Gasteiger partial charge in [0, 0.05) is 18.9 Å². The molecule has 0 aromatic heterocycles. The van der Waals surface area contributed by atoms with E-state index in [0.29, 0.717) is 18.7 Å². The van der Waals surface area contributed by atoms with Crippen LogP contribution >= 0.6 is 11.8 Å². The zero-order chi connectivity index (χ0) is 12.8. The number of nitrogens with two attached hydrogens (primary N) is 1. The smallest absolute Gasteiger partial charge is 0.136 e. The highest BCUT2D eigenvalue weighted by molar-refractivity contribution is 7.99. The first kappa shape index (κ1) is 14.4. The first-order valence-corrected chi connectivity index (χ1v) is 8.36. The Morgan fingerprint density at radius 1 is 1.33 bits per heavy atom. The summed E-state index contributed by atoms with van der Waals surface area (Å²) in [5.41, 5.74) is 5.51. The minimum atomic E-state index is 0.0394. The van der Waals surface area contributed by atoms with Crippen LogP contribution in [0.5, 0.6) is 0 Å². The molecule has 2 rings (SSSR count). The monoisotopic (exact) mass is 271 g/mol. The fraction of sp³-hybridized carbons (Fsp3) is 0.929. The minimum absolute atomic E-state index is 0.0394. The second kappa shape index (κ2) is 6.92. The summed E-state index contributed by atoms with van der Waals surface area (Å²) in [5, 5.41) is 0. The topological polar surface area (TPSA) is 52.3 Å². The molecule has 0 bridgehead atoms. The second-order valence-corrected chi connectivity index (χ2v) is 6.77. The number of hydrogen-bond donors (Lipinski definition) is 1. The van der Waals surface area contributed by atoms with Gasteiger partial charge in [-0.15, -0.1) is 0 Å². The van der Waals surface area contributed by atoms with Crippen LogP contribution in [0.4, 0.5) is 0 Å². The predicted molar refractivity (Wildman–Crippen MR) is 75.9 cm³/mol. The quantitative estimate of drug-likeness (QED) is 0.780. The van der Waals surface area contributed by atoms with Crippen LogP contribution in [0.1, 0.15) is 44.9 Å². The van der Waals surface area contributed by atoms with Crippen molar-refractivity contribution in [3.63, 3.8) is 0 Å². The molecule has 2 N–H and O–H groups in total. The molecule has 104 valence electrons. The Hall–Kier alpha value is -0.0600. The van der Waals surface area contributed by atoms with Gasteiger partial charge in [0.15, 0.2) is 0 Å². The van der Waals surface area contributed by atoms with Crippen molar-refractivity contribution in [3.8, 4) is 0 Å². The van der Waals surface area contributed by atoms with Gasteiger partial charge in [-0.05, 0) is 56.6 Å². The molecule has 2 fully saturated rings. The third-order valence-electron chi connectivity index (χ3n) is 4.23. The number of unbranched alkanes of at least 4 members (excludes halogenated alkanes) is 1. The summed E-state index contributed by atoms with van der Waals surface area (Å²) in [5.74, 6) is 3.08. The van der Waals surface area contributed by atoms with Gasteiger partial charge in [0.2, 0.25) is 0 Å². The van der Waals surface area contributed by atoms with Crippen molar-refractivity contribution in [2.75, 3.05) is 24.7 Å². The molecule has 1 unspecified atom stereocenters. The summed E-state index contributed by atoms with van der Waals surface area (Å²) in [4.78, 5) is 12.2. The minimum Gasteiger partial charge on any atom is -0.375 e. The van der Waals surface area contributed by atoms with Gasteiger partial charge in [-0.25, -0.2) is 0 Å². The van der Waals surface area contributed by atoms with Crippen molar-refractivity contribution in [2.45, 2.75) is 50.5 Å². The van der Waals surface area contributed by atoms with Crippen molar-refractivity contribution in [1.29, 1.82) is 0 Å². The molecule has 0 aliphatic carbocycles. The van der Waals surface area contributed by atoms with E-state index in [0.717, 1.165) is 45.1 Å². The largest absolute Gasteiger partial charge is 0.375 e. The van der Waals surface area contributed by atoms with E-state index in [1.165, 1.54) is 11.5 Å². The van der Waals surface area contributed by atoms with Crippen LogP contribution in [0.3, 0.4) is 0 Å². The lowest BCUT2D eigenvalue weighted by molar-refractivity contribution is -0.138. The Morgan fingerprint density at radius 2 is 2.11 bits per heavy atom. The molecule has 2 saturated heterocycles. The third kappa shape index (κ3) is 3.72. The fourth-order valence-electron chi connectivity index (χ4n) is 3.04. The fourth-order valence-corrected chi connectivity index (χ4v) is 4.28. The van der Waals surface area contributed by atoms with E-state index in [4.69, 9.17) is 10.5 Å². The number of ether oxygens (including phenoxy) is 1. The Bertz CT molecular complexity index is 271. The molecule has 1 atom stereocenters. The van der Waals surface area contributed by atoms with Crippen molar-refractivity contribution < 1.29 is 9.53 Å². The Kier molecular flexibility index (Phi) is 5.52. The molecule has 0 aromatic rings. The highest BCUT2D eigenvalue weighted by Gasteiger charge is 2.40. The SMILES string of the molecule is NCCCCC(=O)C1CCOC2(CCSCC2)C1. The Labute approximate surface area is 114 Å². The normalized spacial score (nSPS) is 27.3. The predicted octanol–water partition coefficient (Wildman–Crippen LogP) is 2.38. The molecular formula is C14H25NO2S. The van der Waals surface area contributed by atoms with Crippen molar-refractivity contribution >= 4 is 17.5 Å². The summed E-state index contributed by atoms with van der Waals surface area (Å²) >= 11 is 2.01. The van der Waals surface area contributed by atoms with E-state index in [9.17, 15) is 4.79 Å². The van der Waals surface area contributed by atoms with E-state index >= 15 is 0 Å². The number of ketones is 1. The summed E-state index contributed by atoms with van der Waals surface area (Å²) in [7, 11) is 0. The highest BCUT2D eigenvalue weighted by Crippen LogP contribution is 2.40. The zero-order valence-electron chi connectivity index (χ0n) is 11.2. The average molecular weight is 271 g/mol. The number of Topliss-reactive ketones (excluding diaryl/α,β-unsaturated/α-hetero) is 1. The lowest BCUT2D eigenvalue weighted by atomic mass is 9.79. The molecule has 3 nitrogen and oxygen atoms in total. The maximum atomic E-state index is 12.2. The van der Waals surface area contributed by atoms with E-state index in [1.807, 2.05) is 11.8 Å². The van der Waals surface area contributed by atoms with E-state index in [1.54, 1.807) is 0 Å². The maximum absolute atomic E-state index is 12.2. The molecule has 0 amide bonds. The first-order chi connectivity index (χ1) is 8.76. The molecule has 0 radical (unpaired) electrons. The molecular weight excluding hydrogens is 246 g/mol. The maximum Gasteiger partial charge on any atom is 0.136 e. The summed E-state index contributed by atoms with van der Waals surface area (Å²) < 4.78 is 6.03. The number of carbonyl (C=O) groups is 1. The van der Waals surface area contributed by atoms with E-state index < -0.39 is 0 Å². The van der Waals surface area contributed by atoms with Crippen LogP contribution in [-0.4, -0.2) is 36.0 Å². The molecule has 0 saturated carbocycles. The summed E-state index contributed by atoms with van der Waals surface area (Å²) in [6.07, 6.45) is 6.79. The van der Waals surface area contributed by atoms with Crippen molar-refractivity contribution in [1.82, 2.24) is 0 Å². The lowest BCUT2D eigenvalue weighted by Gasteiger charge is -2.43. The Balaban J connectivity index is 1.83. The van der Waals surface area contributed by atoms with Gasteiger partial charge < -0.3 is 10.5 Å². The van der Waals surface area contributed by atoms with Crippen LogP contribution < -0.4 is 5.73 Å². The zero-order valence-corrected chi connectivity index (χ0v) is 12.0. The summed E-state index contributed by atoms with van der Waals surface area (Å²) in [6, 6.07) is 0. The third-order valence-corrected chi connectivity index (χ3v) is 5.22. The first-order valence-electron chi connectivity index (χ1n) is 7.20. The van der Waals surface area contributed by atoms with Crippen LogP contribution in [0, 0.1) is 5.92 Å². The van der Waals surface area contributed by atoms with Crippen LogP contribution in [0.15, 0.2) is 0 Å². The lowest BCUT2D eigenvalue weighted by Crippen LogP contribution is -2.44. The average Bonchev–Trinajstić information content (AvgIpc) is 2.40. The standard InChI is InChI=1S/C14H25NO2S/c15-7-2-1-3-13(16)12-4-8-17-14(11-12)5-9-18-10-6-14/h12H,1-11,15H2. The van der Waals surface area contributed by atoms with Gasteiger partial charge in [-0.1, -0.05) is 0 Å². The van der Waals surface area contributed by atoms with Gasteiger partial charge >= 0.3 is 0 Å². The molecule has 2 aliphatic rings. The number of rotatable bonds is 5. The molecule has 4 heteroatoms. The second-order valence-electron chi connectivity index (χ2n) is 5.55. The van der Waals surface area contributed by atoms with Crippen LogP contribution in [-0.2, 0) is 9.53 Å². The number of thioether (sulfide) groups is 1. The van der Waals surface area contributed by atoms with Crippen molar-refractivity contribution in [2.24, 2.45) is 11.7 Å². The Morgan fingerprint density at radius 3 is 2.83 bits per heavy atom. The van der Waals surface area contributed by atoms with Gasteiger partial charge in [0.05, 0.1) is 5.60 Å². The van der Waals surface area contributed by atoms with Crippen LogP contribution in [0.25, 0.3) is 0 Å². The van der Waals surface area contributed by atoms with Gasteiger partial charge in [-0.2, -0.15) is 11.8 Å². The van der Waals surface area contributed by atoms with Gasteiger partial charge in [0.1, 0.15) is 5.78 Å². The molecule has 2 heterocycles. The molecule has 18 heavy (non-hydrogen) atoms. The molecule has 1 spiro atoms.